The lowest BCUT2D eigenvalue weighted by atomic mass is 10.1. The zero-order valence-electron chi connectivity index (χ0n) is 10.4. The van der Waals surface area contributed by atoms with Crippen molar-refractivity contribution in [3.63, 3.8) is 0 Å². The van der Waals surface area contributed by atoms with Gasteiger partial charge in [-0.1, -0.05) is 6.08 Å². The summed E-state index contributed by atoms with van der Waals surface area (Å²) in [5.74, 6) is -0.140. The van der Waals surface area contributed by atoms with Crippen LogP contribution in [-0.2, 0) is 24.8 Å². The van der Waals surface area contributed by atoms with Crippen LogP contribution in [0.15, 0.2) is 12.7 Å². The van der Waals surface area contributed by atoms with Crippen LogP contribution < -0.4 is 0 Å². The van der Waals surface area contributed by atoms with E-state index in [0.29, 0.717) is 5.92 Å². The summed E-state index contributed by atoms with van der Waals surface area (Å²) < 4.78 is 17.8. The highest BCUT2D eigenvalue weighted by atomic mass is 32.2. The summed E-state index contributed by atoms with van der Waals surface area (Å²) in [5, 5.41) is 0. The molecule has 0 spiro atoms. The van der Waals surface area contributed by atoms with Crippen LogP contribution in [0.4, 0.5) is 0 Å². The van der Waals surface area contributed by atoms with Gasteiger partial charge in [0.25, 0.3) is 0 Å². The fraction of sp³-hybridized carbons (Fsp3) is 0.833. The molecule has 92 valence electrons. The van der Waals surface area contributed by atoms with Crippen molar-refractivity contribution in [3.05, 3.63) is 12.7 Å². The second-order valence-electron chi connectivity index (χ2n) is 5.08. The molecule has 0 aromatic heterocycles. The summed E-state index contributed by atoms with van der Waals surface area (Å²) in [6.07, 6.45) is 7.41. The molecular formula is C12H21O3S+. The van der Waals surface area contributed by atoms with Crippen LogP contribution in [-0.4, -0.2) is 36.6 Å². The van der Waals surface area contributed by atoms with Gasteiger partial charge in [-0.3, -0.25) is 0 Å². The van der Waals surface area contributed by atoms with Crippen molar-refractivity contribution >= 4 is 11.2 Å². The van der Waals surface area contributed by atoms with Gasteiger partial charge in [0, 0.05) is 5.92 Å². The molecule has 1 saturated carbocycles. The highest BCUT2D eigenvalue weighted by molar-refractivity contribution is 7.90. The molecule has 0 aromatic rings. The Hall–Kier alpha value is -0.0300. The number of fused-ring (bicyclic) bond motifs is 1. The van der Waals surface area contributed by atoms with E-state index in [-0.39, 0.29) is 29.5 Å². The Morgan fingerprint density at radius 3 is 2.50 bits per heavy atom. The highest BCUT2D eigenvalue weighted by Gasteiger charge is 2.55. The monoisotopic (exact) mass is 245 g/mol. The predicted octanol–water partition coefficient (Wildman–Crippen LogP) is 1.89. The largest absolute Gasteiger partial charge is 0.344 e. The van der Waals surface area contributed by atoms with Crippen LogP contribution in [0.1, 0.15) is 20.3 Å². The van der Waals surface area contributed by atoms with Gasteiger partial charge in [-0.2, -0.15) is 4.18 Å². The average molecular weight is 245 g/mol. The van der Waals surface area contributed by atoms with Crippen LogP contribution in [0.25, 0.3) is 0 Å². The lowest BCUT2D eigenvalue weighted by Crippen LogP contribution is -2.32. The van der Waals surface area contributed by atoms with Gasteiger partial charge in [-0.25, -0.2) is 0 Å². The number of hydrogen-bond donors (Lipinski definition) is 0. The van der Waals surface area contributed by atoms with Crippen molar-refractivity contribution in [1.29, 1.82) is 0 Å². The quantitative estimate of drug-likeness (QED) is 0.561. The molecule has 2 rings (SSSR count). The summed E-state index contributed by atoms with van der Waals surface area (Å²) in [7, 11) is 0. The van der Waals surface area contributed by atoms with E-state index in [9.17, 15) is 0 Å². The first-order valence-corrected chi connectivity index (χ1v) is 7.62. The predicted molar refractivity (Wildman–Crippen MR) is 66.2 cm³/mol. The lowest BCUT2D eigenvalue weighted by Gasteiger charge is -2.21. The van der Waals surface area contributed by atoms with Crippen molar-refractivity contribution in [2.24, 2.45) is 5.92 Å². The minimum Gasteiger partial charge on any atom is -0.344 e. The van der Waals surface area contributed by atoms with E-state index < -0.39 is 5.79 Å². The summed E-state index contributed by atoms with van der Waals surface area (Å²) in [5.41, 5.74) is 0. The molecule has 0 N–H and O–H groups in total. The third-order valence-electron chi connectivity index (χ3n) is 3.08. The molecule has 0 unspecified atom stereocenters. The fourth-order valence-corrected chi connectivity index (χ4v) is 3.23. The molecule has 4 atom stereocenters. The van der Waals surface area contributed by atoms with Gasteiger partial charge in [-0.05, 0) is 20.3 Å². The molecule has 1 saturated heterocycles. The zero-order valence-corrected chi connectivity index (χ0v) is 11.3. The molecule has 2 fully saturated rings. The molecule has 1 aliphatic carbocycles. The van der Waals surface area contributed by atoms with Gasteiger partial charge >= 0.3 is 0 Å². The van der Waals surface area contributed by atoms with Gasteiger partial charge in [-0.15, -0.1) is 6.58 Å². The molecule has 2 aliphatic rings. The smallest absolute Gasteiger partial charge is 0.163 e. The zero-order chi connectivity index (χ0) is 11.9. The summed E-state index contributed by atoms with van der Waals surface area (Å²) >= 11 is -0.0264. The molecule has 4 heteroatoms. The number of hydrogen-bond acceptors (Lipinski definition) is 3. The maximum Gasteiger partial charge on any atom is 0.163 e. The molecule has 0 aromatic carbocycles. The van der Waals surface area contributed by atoms with E-state index in [1.807, 2.05) is 19.9 Å². The Bertz CT molecular complexity index is 277. The Morgan fingerprint density at radius 2 is 1.94 bits per heavy atom. The molecule has 0 amide bonds. The minimum absolute atomic E-state index is 0.0264. The number of ether oxygens (including phenoxy) is 2. The van der Waals surface area contributed by atoms with E-state index in [1.165, 1.54) is 0 Å². The minimum atomic E-state index is -0.487. The second kappa shape index (κ2) is 4.33. The van der Waals surface area contributed by atoms with E-state index in [4.69, 9.17) is 13.7 Å². The molecule has 16 heavy (non-hydrogen) atoms. The summed E-state index contributed by atoms with van der Waals surface area (Å²) in [6, 6.07) is 0. The molecule has 0 radical (unpaired) electrons. The topological polar surface area (TPSA) is 27.7 Å². The van der Waals surface area contributed by atoms with Gasteiger partial charge in [0.05, 0.1) is 6.10 Å². The maximum atomic E-state index is 5.93. The third-order valence-corrected chi connectivity index (χ3v) is 3.71. The Labute approximate surface area is 101 Å². The standard InChI is InChI=1S/C12H21O3S/c1-6-8-7-9(15-16(4)5)11-10(8)13-12(2,3)14-11/h6,8-11H,1,7H2,2-5H3/q+1/t8-,9-,10+,11-/m0/s1. The van der Waals surface area contributed by atoms with Crippen LogP contribution in [0, 0.1) is 5.92 Å². The van der Waals surface area contributed by atoms with E-state index in [0.717, 1.165) is 6.42 Å². The van der Waals surface area contributed by atoms with E-state index in [1.54, 1.807) is 0 Å². The van der Waals surface area contributed by atoms with Crippen LogP contribution in [0.5, 0.6) is 0 Å². The van der Waals surface area contributed by atoms with Gasteiger partial charge in [0.1, 0.15) is 35.9 Å². The summed E-state index contributed by atoms with van der Waals surface area (Å²) in [4.78, 5) is 0. The maximum absolute atomic E-state index is 5.93. The average Bonchev–Trinajstić information content (AvgIpc) is 2.60. The number of rotatable bonds is 3. The van der Waals surface area contributed by atoms with Crippen molar-refractivity contribution in [2.75, 3.05) is 12.5 Å². The SMILES string of the molecule is C=C[C@H]1C[C@H](O[S+](C)C)[C@@H]2OC(C)(C)O[C@@H]21. The Kier molecular flexibility index (Phi) is 3.36. The second-order valence-corrected chi connectivity index (χ2v) is 6.75. The first kappa shape index (κ1) is 12.4. The normalized spacial score (nSPS) is 41.3. The first-order chi connectivity index (χ1) is 7.43. The third kappa shape index (κ3) is 2.30. The fourth-order valence-electron chi connectivity index (χ4n) is 2.54. The van der Waals surface area contributed by atoms with E-state index >= 15 is 0 Å². The lowest BCUT2D eigenvalue weighted by molar-refractivity contribution is -0.162. The van der Waals surface area contributed by atoms with Crippen LogP contribution in [0.2, 0.25) is 0 Å². The van der Waals surface area contributed by atoms with Crippen molar-refractivity contribution in [2.45, 2.75) is 44.4 Å². The first-order valence-electron chi connectivity index (χ1n) is 5.66. The van der Waals surface area contributed by atoms with Gasteiger partial charge < -0.3 is 9.47 Å². The van der Waals surface area contributed by atoms with Crippen molar-refractivity contribution < 1.29 is 13.7 Å². The van der Waals surface area contributed by atoms with Gasteiger partial charge in [0.2, 0.25) is 0 Å². The van der Waals surface area contributed by atoms with Gasteiger partial charge in [0.15, 0.2) is 5.79 Å². The Balaban J connectivity index is 2.11. The van der Waals surface area contributed by atoms with Crippen LogP contribution in [0.3, 0.4) is 0 Å². The molecule has 1 aliphatic heterocycles. The highest BCUT2D eigenvalue weighted by Crippen LogP contribution is 2.43. The molecule has 3 nitrogen and oxygen atoms in total. The van der Waals surface area contributed by atoms with Crippen LogP contribution >= 0.6 is 0 Å². The summed E-state index contributed by atoms with van der Waals surface area (Å²) in [6.45, 7) is 7.79. The molecular weight excluding hydrogens is 224 g/mol. The van der Waals surface area contributed by atoms with Crippen molar-refractivity contribution in [3.8, 4) is 0 Å². The van der Waals surface area contributed by atoms with Crippen molar-refractivity contribution in [1.82, 2.24) is 0 Å². The molecule has 1 heterocycles. The van der Waals surface area contributed by atoms with E-state index in [2.05, 4.69) is 19.1 Å². The Morgan fingerprint density at radius 1 is 1.31 bits per heavy atom. The molecule has 0 bridgehead atoms.